The molecule has 1 aromatic heterocycles. The molecule has 0 aliphatic heterocycles. The molecule has 8 heteroatoms. The molecule has 1 aromatic carbocycles. The molecule has 2 rings (SSSR count). The molecule has 0 spiro atoms. The van der Waals surface area contributed by atoms with E-state index in [0.717, 1.165) is 11.7 Å². The molecule has 0 unspecified atom stereocenters. The Morgan fingerprint density at radius 2 is 1.81 bits per heavy atom. The van der Waals surface area contributed by atoms with Crippen LogP contribution in [0.5, 0.6) is 0 Å². The number of alkyl halides is 3. The molecule has 0 atom stereocenters. The van der Waals surface area contributed by atoms with Crippen molar-refractivity contribution in [3.05, 3.63) is 20.6 Å². The van der Waals surface area contributed by atoms with Crippen molar-refractivity contribution >= 4 is 50.3 Å². The van der Waals surface area contributed by atoms with E-state index < -0.39 is 16.8 Å². The average molecular weight is 332 g/mol. The van der Waals surface area contributed by atoms with Crippen LogP contribution in [-0.2, 0) is 6.18 Å². The first kappa shape index (κ1) is 12.1. The smallest absolute Gasteiger partial charge is 0.172 e. The molecule has 0 bridgehead atoms. The summed E-state index contributed by atoms with van der Waals surface area (Å²) in [6.45, 7) is 1.34. The summed E-state index contributed by atoms with van der Waals surface area (Å²) in [5, 5.41) is -0.392. The van der Waals surface area contributed by atoms with Crippen molar-refractivity contribution in [2.75, 3.05) is 0 Å². The van der Waals surface area contributed by atoms with Gasteiger partial charge >= 0.3 is 6.18 Å². The second-order valence-electron chi connectivity index (χ2n) is 3.09. The second kappa shape index (κ2) is 3.82. The van der Waals surface area contributed by atoms with Crippen LogP contribution < -0.4 is 0 Å². The van der Waals surface area contributed by atoms with Gasteiger partial charge < -0.3 is 0 Å². The third kappa shape index (κ3) is 1.70. The monoisotopic (exact) mass is 330 g/mol. The summed E-state index contributed by atoms with van der Waals surface area (Å²) in [5.74, 6) is 0. The predicted octanol–water partition coefficient (Wildman–Crippen LogP) is 4.43. The van der Waals surface area contributed by atoms with Crippen LogP contribution in [0.4, 0.5) is 13.2 Å². The van der Waals surface area contributed by atoms with E-state index in [0.29, 0.717) is 5.52 Å². The Hall–Kier alpha value is -0.400. The van der Waals surface area contributed by atoms with Crippen LogP contribution in [-0.4, -0.2) is 8.75 Å². The van der Waals surface area contributed by atoms with Crippen molar-refractivity contribution in [1.29, 1.82) is 0 Å². The first-order chi connectivity index (χ1) is 7.34. The van der Waals surface area contributed by atoms with Crippen molar-refractivity contribution in [2.45, 2.75) is 13.1 Å². The Labute approximate surface area is 106 Å². The van der Waals surface area contributed by atoms with E-state index >= 15 is 0 Å². The number of rotatable bonds is 0. The lowest BCUT2D eigenvalue weighted by molar-refractivity contribution is -0.137. The highest BCUT2D eigenvalue weighted by atomic mass is 79.9. The second-order valence-corrected chi connectivity index (χ2v) is 4.79. The zero-order valence-electron chi connectivity index (χ0n) is 7.69. The Kier molecular flexibility index (Phi) is 2.88. The standard InChI is InChI=1S/C8H3BrClF3N2S/c1-2-3(8(11,12)13)5(10)7-6(4(2)9)14-16-15-7/h1H3. The van der Waals surface area contributed by atoms with E-state index in [1.54, 1.807) is 0 Å². The summed E-state index contributed by atoms with van der Waals surface area (Å²) in [6.07, 6.45) is -4.50. The number of aromatic nitrogens is 2. The molecule has 0 saturated heterocycles. The minimum atomic E-state index is -4.50. The Balaban J connectivity index is 2.94. The maximum atomic E-state index is 12.8. The Bertz CT molecular complexity index is 566. The van der Waals surface area contributed by atoms with Crippen molar-refractivity contribution in [2.24, 2.45) is 0 Å². The van der Waals surface area contributed by atoms with E-state index in [1.807, 2.05) is 0 Å². The average Bonchev–Trinajstić information content (AvgIpc) is 2.61. The largest absolute Gasteiger partial charge is 0.418 e. The zero-order chi connectivity index (χ0) is 12.1. The first-order valence-corrected chi connectivity index (χ1v) is 5.91. The first-order valence-electron chi connectivity index (χ1n) is 4.01. The van der Waals surface area contributed by atoms with Gasteiger partial charge in [0.25, 0.3) is 0 Å². The van der Waals surface area contributed by atoms with Gasteiger partial charge in [-0.3, -0.25) is 0 Å². The van der Waals surface area contributed by atoms with E-state index in [4.69, 9.17) is 11.6 Å². The van der Waals surface area contributed by atoms with Gasteiger partial charge in [0.15, 0.2) is 0 Å². The lowest BCUT2D eigenvalue weighted by Gasteiger charge is -2.13. The van der Waals surface area contributed by atoms with Crippen LogP contribution in [0.1, 0.15) is 11.1 Å². The van der Waals surface area contributed by atoms with Crippen LogP contribution in [0.2, 0.25) is 5.02 Å². The number of hydrogen-bond donors (Lipinski definition) is 0. The highest BCUT2D eigenvalue weighted by Crippen LogP contribution is 2.43. The topological polar surface area (TPSA) is 25.8 Å². The lowest BCUT2D eigenvalue weighted by atomic mass is 10.1. The fourth-order valence-corrected chi connectivity index (χ4v) is 2.97. The van der Waals surface area contributed by atoms with E-state index in [-0.39, 0.29) is 15.6 Å². The van der Waals surface area contributed by atoms with Gasteiger partial charge in [0.05, 0.1) is 26.8 Å². The molecule has 0 aliphatic carbocycles. The fraction of sp³-hybridized carbons (Fsp3) is 0.250. The molecule has 2 nitrogen and oxygen atoms in total. The number of hydrogen-bond acceptors (Lipinski definition) is 3. The summed E-state index contributed by atoms with van der Waals surface area (Å²) >= 11 is 9.62. The van der Waals surface area contributed by atoms with Crippen LogP contribution in [0.25, 0.3) is 11.0 Å². The Morgan fingerprint density at radius 1 is 1.25 bits per heavy atom. The van der Waals surface area contributed by atoms with Gasteiger partial charge in [-0.2, -0.15) is 21.9 Å². The molecule has 0 saturated carbocycles. The summed E-state index contributed by atoms with van der Waals surface area (Å²) in [5.41, 5.74) is -0.393. The van der Waals surface area contributed by atoms with Gasteiger partial charge in [-0.05, 0) is 28.4 Å². The molecule has 0 radical (unpaired) electrons. The highest BCUT2D eigenvalue weighted by Gasteiger charge is 2.37. The number of fused-ring (bicyclic) bond motifs is 1. The van der Waals surface area contributed by atoms with Gasteiger partial charge in [-0.1, -0.05) is 11.6 Å². The molecule has 16 heavy (non-hydrogen) atoms. The summed E-state index contributed by atoms with van der Waals surface area (Å²) in [7, 11) is 0. The third-order valence-corrected chi connectivity index (χ3v) is 3.98. The summed E-state index contributed by atoms with van der Waals surface area (Å²) in [4.78, 5) is 0. The molecule has 0 fully saturated rings. The van der Waals surface area contributed by atoms with Crippen molar-refractivity contribution in [1.82, 2.24) is 8.75 Å². The predicted molar refractivity (Wildman–Crippen MR) is 59.9 cm³/mol. The van der Waals surface area contributed by atoms with Gasteiger partial charge in [-0.15, -0.1) is 0 Å². The molecule has 86 valence electrons. The molecule has 1 heterocycles. The van der Waals surface area contributed by atoms with Crippen molar-refractivity contribution in [3.63, 3.8) is 0 Å². The molecule has 0 N–H and O–H groups in total. The zero-order valence-corrected chi connectivity index (χ0v) is 10.9. The van der Waals surface area contributed by atoms with Crippen LogP contribution in [0.3, 0.4) is 0 Å². The number of benzene rings is 1. The summed E-state index contributed by atoms with van der Waals surface area (Å²) in [6, 6.07) is 0. The van der Waals surface area contributed by atoms with Gasteiger partial charge in [0, 0.05) is 0 Å². The highest BCUT2D eigenvalue weighted by molar-refractivity contribution is 9.10. The van der Waals surface area contributed by atoms with Crippen molar-refractivity contribution < 1.29 is 13.2 Å². The normalized spacial score (nSPS) is 12.4. The maximum absolute atomic E-state index is 12.8. The van der Waals surface area contributed by atoms with E-state index in [9.17, 15) is 13.2 Å². The minimum absolute atomic E-state index is 0.0256. The molecule has 0 amide bonds. The molecular formula is C8H3BrClF3N2S. The molecular weight excluding hydrogens is 329 g/mol. The van der Waals surface area contributed by atoms with E-state index in [2.05, 4.69) is 24.7 Å². The maximum Gasteiger partial charge on any atom is 0.418 e. The van der Waals surface area contributed by atoms with Crippen molar-refractivity contribution in [3.8, 4) is 0 Å². The Morgan fingerprint density at radius 3 is 2.38 bits per heavy atom. The fourth-order valence-electron chi connectivity index (χ4n) is 1.38. The molecule has 2 aromatic rings. The minimum Gasteiger partial charge on any atom is -0.172 e. The molecule has 0 aliphatic rings. The quantitative estimate of drug-likeness (QED) is 0.713. The van der Waals surface area contributed by atoms with Crippen LogP contribution >= 0.6 is 39.3 Å². The lowest BCUT2D eigenvalue weighted by Crippen LogP contribution is -2.09. The SMILES string of the molecule is Cc1c(C(F)(F)F)c(Cl)c2nsnc2c1Br. The van der Waals surface area contributed by atoms with Gasteiger partial charge in [0.1, 0.15) is 11.0 Å². The summed E-state index contributed by atoms with van der Waals surface area (Å²) < 4.78 is 46.3. The van der Waals surface area contributed by atoms with Crippen LogP contribution in [0.15, 0.2) is 4.47 Å². The van der Waals surface area contributed by atoms with E-state index in [1.165, 1.54) is 6.92 Å². The van der Waals surface area contributed by atoms with Gasteiger partial charge in [0.2, 0.25) is 0 Å². The van der Waals surface area contributed by atoms with Crippen LogP contribution in [0, 0.1) is 6.92 Å². The number of halogens is 5. The third-order valence-electron chi connectivity index (χ3n) is 2.11. The van der Waals surface area contributed by atoms with Gasteiger partial charge in [-0.25, -0.2) is 0 Å². The number of nitrogens with zero attached hydrogens (tertiary/aromatic N) is 2.